The highest BCUT2D eigenvalue weighted by Gasteiger charge is 2.12. The summed E-state index contributed by atoms with van der Waals surface area (Å²) in [6.45, 7) is 1.80. The van der Waals surface area contributed by atoms with Crippen molar-refractivity contribution >= 4 is 34.9 Å². The summed E-state index contributed by atoms with van der Waals surface area (Å²) in [5.74, 6) is -1.38. The molecule has 3 nitrogen and oxygen atoms in total. The van der Waals surface area contributed by atoms with E-state index in [2.05, 4.69) is 5.32 Å². The van der Waals surface area contributed by atoms with Gasteiger partial charge in [-0.25, -0.2) is 4.39 Å². The molecule has 0 radical (unpaired) electrons. The number of aliphatic carboxylic acids is 1. The molecule has 1 aromatic carbocycles. The van der Waals surface area contributed by atoms with E-state index in [-0.39, 0.29) is 22.5 Å². The third-order valence-electron chi connectivity index (χ3n) is 2.19. The number of hydrogen-bond acceptors (Lipinski definition) is 2. The Balaban J connectivity index is 2.71. The summed E-state index contributed by atoms with van der Waals surface area (Å²) >= 11 is 11.7. The van der Waals surface area contributed by atoms with E-state index in [1.54, 1.807) is 6.92 Å². The van der Waals surface area contributed by atoms with Crippen molar-refractivity contribution in [3.05, 3.63) is 28.0 Å². The number of rotatable bonds is 5. The Morgan fingerprint density at radius 2 is 2.00 bits per heavy atom. The minimum absolute atomic E-state index is 0.0462. The van der Waals surface area contributed by atoms with Crippen molar-refractivity contribution in [1.29, 1.82) is 0 Å². The van der Waals surface area contributed by atoms with Gasteiger partial charge in [0, 0.05) is 12.5 Å². The highest BCUT2D eigenvalue weighted by atomic mass is 35.5. The molecule has 1 aromatic rings. The van der Waals surface area contributed by atoms with Gasteiger partial charge in [0.25, 0.3) is 0 Å². The topological polar surface area (TPSA) is 49.3 Å². The predicted molar refractivity (Wildman–Crippen MR) is 66.4 cm³/mol. The second-order valence-electron chi connectivity index (χ2n) is 3.72. The highest BCUT2D eigenvalue weighted by molar-refractivity contribution is 6.39. The zero-order valence-electron chi connectivity index (χ0n) is 9.14. The van der Waals surface area contributed by atoms with Crippen LogP contribution in [0.4, 0.5) is 10.1 Å². The number of anilines is 1. The molecule has 0 bridgehead atoms. The average Bonchev–Trinajstić information content (AvgIpc) is 2.20. The summed E-state index contributed by atoms with van der Waals surface area (Å²) in [5, 5.41) is 11.9. The van der Waals surface area contributed by atoms with Crippen molar-refractivity contribution in [3.63, 3.8) is 0 Å². The molecular weight excluding hydrogens is 268 g/mol. The Labute approximate surface area is 109 Å². The van der Waals surface area contributed by atoms with Crippen LogP contribution in [0.25, 0.3) is 0 Å². The van der Waals surface area contributed by atoms with Gasteiger partial charge in [-0.05, 0) is 25.5 Å². The molecule has 0 aliphatic carbocycles. The van der Waals surface area contributed by atoms with E-state index in [1.807, 2.05) is 0 Å². The van der Waals surface area contributed by atoms with Gasteiger partial charge >= 0.3 is 5.97 Å². The molecule has 1 unspecified atom stereocenters. The van der Waals surface area contributed by atoms with E-state index in [1.165, 1.54) is 0 Å². The molecule has 0 saturated heterocycles. The first-order chi connectivity index (χ1) is 7.90. The summed E-state index contributed by atoms with van der Waals surface area (Å²) in [6, 6.07) is 2.19. The van der Waals surface area contributed by atoms with Crippen LogP contribution in [0, 0.1) is 5.82 Å². The van der Waals surface area contributed by atoms with E-state index >= 15 is 0 Å². The number of carboxylic acid groups (broad SMARTS) is 1. The molecule has 0 heterocycles. The zero-order valence-corrected chi connectivity index (χ0v) is 10.6. The van der Waals surface area contributed by atoms with Gasteiger partial charge in [-0.1, -0.05) is 23.2 Å². The summed E-state index contributed by atoms with van der Waals surface area (Å²) in [7, 11) is 0. The Hall–Kier alpha value is -1.00. The molecule has 17 heavy (non-hydrogen) atoms. The molecule has 0 aliphatic rings. The molecule has 2 N–H and O–H groups in total. The largest absolute Gasteiger partial charge is 0.481 e. The Bertz CT molecular complexity index is 403. The third-order valence-corrected chi connectivity index (χ3v) is 2.79. The smallest absolute Gasteiger partial charge is 0.303 e. The maximum absolute atomic E-state index is 12.9. The molecule has 94 valence electrons. The third kappa shape index (κ3) is 4.40. The van der Waals surface area contributed by atoms with E-state index < -0.39 is 11.8 Å². The molecule has 0 amide bonds. The van der Waals surface area contributed by atoms with Crippen LogP contribution in [0.5, 0.6) is 0 Å². The fraction of sp³-hybridized carbons (Fsp3) is 0.364. The molecule has 6 heteroatoms. The van der Waals surface area contributed by atoms with Gasteiger partial charge in [0.1, 0.15) is 5.82 Å². The number of carbonyl (C=O) groups is 1. The average molecular weight is 280 g/mol. The fourth-order valence-electron chi connectivity index (χ4n) is 1.34. The number of nitrogens with one attached hydrogen (secondary N) is 1. The first-order valence-electron chi connectivity index (χ1n) is 5.03. The minimum Gasteiger partial charge on any atom is -0.481 e. The van der Waals surface area contributed by atoms with Crippen molar-refractivity contribution in [2.45, 2.75) is 25.8 Å². The maximum Gasteiger partial charge on any atom is 0.303 e. The van der Waals surface area contributed by atoms with Gasteiger partial charge in [0.15, 0.2) is 0 Å². The molecule has 0 fully saturated rings. The van der Waals surface area contributed by atoms with Gasteiger partial charge in [-0.3, -0.25) is 4.79 Å². The molecular formula is C11H12Cl2FNO2. The van der Waals surface area contributed by atoms with Crippen molar-refractivity contribution < 1.29 is 14.3 Å². The van der Waals surface area contributed by atoms with Crippen molar-refractivity contribution in [1.82, 2.24) is 0 Å². The van der Waals surface area contributed by atoms with E-state index in [9.17, 15) is 9.18 Å². The van der Waals surface area contributed by atoms with Crippen molar-refractivity contribution in [2.75, 3.05) is 5.32 Å². The van der Waals surface area contributed by atoms with Gasteiger partial charge in [0.05, 0.1) is 15.7 Å². The SMILES string of the molecule is CC(CCC(=O)O)Nc1c(Cl)cc(F)cc1Cl. The lowest BCUT2D eigenvalue weighted by Gasteiger charge is -2.16. The lowest BCUT2D eigenvalue weighted by atomic mass is 10.1. The Morgan fingerprint density at radius 3 is 2.47 bits per heavy atom. The van der Waals surface area contributed by atoms with Crippen LogP contribution in [0.1, 0.15) is 19.8 Å². The number of benzene rings is 1. The number of hydrogen-bond donors (Lipinski definition) is 2. The molecule has 0 aliphatic heterocycles. The number of carboxylic acids is 1. The van der Waals surface area contributed by atoms with Crippen LogP contribution < -0.4 is 5.32 Å². The van der Waals surface area contributed by atoms with Crippen molar-refractivity contribution in [3.8, 4) is 0 Å². The summed E-state index contributed by atoms with van der Waals surface area (Å²) in [6.07, 6.45) is 0.476. The van der Waals surface area contributed by atoms with Crippen molar-refractivity contribution in [2.24, 2.45) is 0 Å². The molecule has 0 spiro atoms. The van der Waals surface area contributed by atoms with E-state index in [0.717, 1.165) is 12.1 Å². The van der Waals surface area contributed by atoms with Crippen LogP contribution in [0.3, 0.4) is 0 Å². The van der Waals surface area contributed by atoms with Crippen LogP contribution in [-0.2, 0) is 4.79 Å². The summed E-state index contributed by atoms with van der Waals surface area (Å²) in [4.78, 5) is 10.4. The monoisotopic (exact) mass is 279 g/mol. The second kappa shape index (κ2) is 6.07. The van der Waals surface area contributed by atoms with E-state index in [4.69, 9.17) is 28.3 Å². The van der Waals surface area contributed by atoms with Crippen LogP contribution in [0.15, 0.2) is 12.1 Å². The standard InChI is InChI=1S/C11H12Cl2FNO2/c1-6(2-3-10(16)17)15-11-8(12)4-7(14)5-9(11)13/h4-6,15H,2-3H2,1H3,(H,16,17). The quantitative estimate of drug-likeness (QED) is 0.862. The first-order valence-corrected chi connectivity index (χ1v) is 5.78. The van der Waals surface area contributed by atoms with Gasteiger partial charge < -0.3 is 10.4 Å². The predicted octanol–water partition coefficient (Wildman–Crippen LogP) is 3.80. The summed E-state index contributed by atoms with van der Waals surface area (Å²) < 4.78 is 12.9. The Kier molecular flexibility index (Phi) is 5.02. The maximum atomic E-state index is 12.9. The molecule has 0 saturated carbocycles. The van der Waals surface area contributed by atoms with Gasteiger partial charge in [0.2, 0.25) is 0 Å². The molecule has 0 aromatic heterocycles. The molecule has 1 rings (SSSR count). The first kappa shape index (κ1) is 14.1. The second-order valence-corrected chi connectivity index (χ2v) is 4.54. The number of halogens is 3. The molecule has 1 atom stereocenters. The normalized spacial score (nSPS) is 12.2. The summed E-state index contributed by atoms with van der Waals surface area (Å²) in [5.41, 5.74) is 0.424. The zero-order chi connectivity index (χ0) is 13.0. The minimum atomic E-state index is -0.866. The lowest BCUT2D eigenvalue weighted by Crippen LogP contribution is -2.17. The van der Waals surface area contributed by atoms with E-state index in [0.29, 0.717) is 12.1 Å². The lowest BCUT2D eigenvalue weighted by molar-refractivity contribution is -0.137. The van der Waals surface area contributed by atoms with Gasteiger partial charge in [-0.2, -0.15) is 0 Å². The van der Waals surface area contributed by atoms with Gasteiger partial charge in [-0.15, -0.1) is 0 Å². The van der Waals surface area contributed by atoms with Crippen LogP contribution >= 0.6 is 23.2 Å². The van der Waals surface area contributed by atoms with Crippen LogP contribution in [0.2, 0.25) is 10.0 Å². The van der Waals surface area contributed by atoms with Crippen LogP contribution in [-0.4, -0.2) is 17.1 Å². The fourth-order valence-corrected chi connectivity index (χ4v) is 1.91. The highest BCUT2D eigenvalue weighted by Crippen LogP contribution is 2.32. The Morgan fingerprint density at radius 1 is 1.47 bits per heavy atom.